The summed E-state index contributed by atoms with van der Waals surface area (Å²) in [6.07, 6.45) is 0. The number of carbonyl (C=O) groups excluding carboxylic acids is 1. The zero-order valence-electron chi connectivity index (χ0n) is 10.3. The van der Waals surface area contributed by atoms with E-state index >= 15 is 0 Å². The van der Waals surface area contributed by atoms with E-state index in [4.69, 9.17) is 23.2 Å². The van der Waals surface area contributed by atoms with E-state index in [0.29, 0.717) is 5.69 Å². The van der Waals surface area contributed by atoms with Crippen LogP contribution in [0.2, 0.25) is 10.0 Å². The average molecular weight is 327 g/mol. The highest BCUT2D eigenvalue weighted by molar-refractivity contribution is 6.32. The lowest BCUT2D eigenvalue weighted by Gasteiger charge is -2.07. The van der Waals surface area contributed by atoms with Gasteiger partial charge < -0.3 is 10.4 Å². The standard InChI is InChI=1S/C13H8Cl2N2O4/c14-7-1-3-9(11(5-7)17(20)21)13(19)16-8-2-4-12(18)10(15)6-8/h1-6,18H,(H,16,19). The van der Waals surface area contributed by atoms with Gasteiger partial charge in [0.1, 0.15) is 11.3 Å². The Balaban J connectivity index is 2.32. The van der Waals surface area contributed by atoms with E-state index in [0.717, 1.165) is 6.07 Å². The van der Waals surface area contributed by atoms with Gasteiger partial charge in [0, 0.05) is 16.8 Å². The van der Waals surface area contributed by atoms with Gasteiger partial charge in [-0.2, -0.15) is 0 Å². The zero-order valence-corrected chi connectivity index (χ0v) is 11.9. The molecule has 0 unspecified atom stereocenters. The summed E-state index contributed by atoms with van der Waals surface area (Å²) >= 11 is 11.4. The molecule has 21 heavy (non-hydrogen) atoms. The molecule has 0 fully saturated rings. The summed E-state index contributed by atoms with van der Waals surface area (Å²) < 4.78 is 0. The van der Waals surface area contributed by atoms with Crippen LogP contribution in [-0.4, -0.2) is 15.9 Å². The number of nitrogens with one attached hydrogen (secondary N) is 1. The first kappa shape index (κ1) is 15.1. The first-order chi connectivity index (χ1) is 9.88. The van der Waals surface area contributed by atoms with Crippen molar-refractivity contribution in [1.82, 2.24) is 0 Å². The van der Waals surface area contributed by atoms with Crippen molar-refractivity contribution in [2.24, 2.45) is 0 Å². The monoisotopic (exact) mass is 326 g/mol. The number of nitro groups is 1. The van der Waals surface area contributed by atoms with Crippen LogP contribution in [0, 0.1) is 10.1 Å². The van der Waals surface area contributed by atoms with Crippen molar-refractivity contribution in [1.29, 1.82) is 0 Å². The Hall–Kier alpha value is -2.31. The van der Waals surface area contributed by atoms with E-state index in [1.54, 1.807) is 0 Å². The first-order valence-electron chi connectivity index (χ1n) is 5.62. The molecule has 0 bridgehead atoms. The van der Waals surface area contributed by atoms with Gasteiger partial charge in [-0.15, -0.1) is 0 Å². The molecule has 0 heterocycles. The number of aromatic hydroxyl groups is 1. The van der Waals surface area contributed by atoms with Gasteiger partial charge in [0.05, 0.1) is 9.95 Å². The topological polar surface area (TPSA) is 92.5 Å². The van der Waals surface area contributed by atoms with E-state index in [1.165, 1.54) is 30.3 Å². The summed E-state index contributed by atoms with van der Waals surface area (Å²) in [4.78, 5) is 22.3. The second-order valence-electron chi connectivity index (χ2n) is 4.04. The third-order valence-corrected chi connectivity index (χ3v) is 3.14. The van der Waals surface area contributed by atoms with E-state index in [1.807, 2.05) is 0 Å². The smallest absolute Gasteiger partial charge is 0.283 e. The molecule has 2 rings (SSSR count). The Morgan fingerprint density at radius 3 is 2.52 bits per heavy atom. The maximum atomic E-state index is 12.1. The second kappa shape index (κ2) is 5.99. The molecule has 0 radical (unpaired) electrons. The fourth-order valence-corrected chi connectivity index (χ4v) is 1.98. The molecule has 8 heteroatoms. The molecule has 1 amide bonds. The fourth-order valence-electron chi connectivity index (χ4n) is 1.63. The van der Waals surface area contributed by atoms with Gasteiger partial charge in [-0.25, -0.2) is 0 Å². The number of anilines is 1. The Labute approximate surface area is 129 Å². The molecule has 0 spiro atoms. The number of carbonyl (C=O) groups is 1. The number of nitrogens with zero attached hydrogens (tertiary/aromatic N) is 1. The summed E-state index contributed by atoms with van der Waals surface area (Å²) in [5, 5.41) is 22.9. The van der Waals surface area contributed by atoms with E-state index < -0.39 is 16.5 Å². The summed E-state index contributed by atoms with van der Waals surface area (Å²) in [5.41, 5.74) is -0.231. The van der Waals surface area contributed by atoms with Crippen molar-refractivity contribution in [2.45, 2.75) is 0 Å². The van der Waals surface area contributed by atoms with Crippen molar-refractivity contribution in [3.8, 4) is 5.75 Å². The Kier molecular flexibility index (Phi) is 4.30. The molecule has 0 aliphatic heterocycles. The number of halogens is 2. The zero-order chi connectivity index (χ0) is 15.6. The minimum absolute atomic E-state index is 0.0541. The molecule has 0 aliphatic rings. The highest BCUT2D eigenvalue weighted by Gasteiger charge is 2.20. The quantitative estimate of drug-likeness (QED) is 0.508. The number of hydrogen-bond acceptors (Lipinski definition) is 4. The molecular formula is C13H8Cl2N2O4. The number of rotatable bonds is 3. The summed E-state index contributed by atoms with van der Waals surface area (Å²) in [6.45, 7) is 0. The lowest BCUT2D eigenvalue weighted by molar-refractivity contribution is -0.385. The van der Waals surface area contributed by atoms with Gasteiger partial charge in [0.2, 0.25) is 0 Å². The molecule has 2 N–H and O–H groups in total. The van der Waals surface area contributed by atoms with Gasteiger partial charge in [0.25, 0.3) is 11.6 Å². The van der Waals surface area contributed by atoms with Crippen LogP contribution in [0.3, 0.4) is 0 Å². The Morgan fingerprint density at radius 1 is 1.19 bits per heavy atom. The van der Waals surface area contributed by atoms with Crippen molar-refractivity contribution in [2.75, 3.05) is 5.32 Å². The molecular weight excluding hydrogens is 319 g/mol. The number of hydrogen-bond donors (Lipinski definition) is 2. The van der Waals surface area contributed by atoms with Crippen LogP contribution in [0.15, 0.2) is 36.4 Å². The van der Waals surface area contributed by atoms with Crippen LogP contribution in [0.25, 0.3) is 0 Å². The van der Waals surface area contributed by atoms with Gasteiger partial charge in [0.15, 0.2) is 0 Å². The summed E-state index contributed by atoms with van der Waals surface area (Å²) in [7, 11) is 0. The summed E-state index contributed by atoms with van der Waals surface area (Å²) in [6, 6.07) is 7.79. The maximum absolute atomic E-state index is 12.1. The van der Waals surface area contributed by atoms with Gasteiger partial charge >= 0.3 is 0 Å². The molecule has 6 nitrogen and oxygen atoms in total. The number of phenols is 1. The third kappa shape index (κ3) is 3.42. The van der Waals surface area contributed by atoms with Crippen LogP contribution < -0.4 is 5.32 Å². The number of amides is 1. The van der Waals surface area contributed by atoms with Crippen LogP contribution in [0.1, 0.15) is 10.4 Å². The largest absolute Gasteiger partial charge is 0.506 e. The van der Waals surface area contributed by atoms with Crippen molar-refractivity contribution in [3.05, 3.63) is 62.1 Å². The van der Waals surface area contributed by atoms with E-state index in [2.05, 4.69) is 5.32 Å². The molecule has 0 atom stereocenters. The maximum Gasteiger partial charge on any atom is 0.283 e. The van der Waals surface area contributed by atoms with E-state index in [-0.39, 0.29) is 21.4 Å². The predicted molar refractivity (Wildman–Crippen MR) is 79.2 cm³/mol. The minimum Gasteiger partial charge on any atom is -0.506 e. The molecule has 2 aromatic carbocycles. The molecule has 2 aromatic rings. The molecule has 0 saturated carbocycles. The lowest BCUT2D eigenvalue weighted by Crippen LogP contribution is -2.13. The molecule has 0 aromatic heterocycles. The van der Waals surface area contributed by atoms with Gasteiger partial charge in [-0.1, -0.05) is 23.2 Å². The second-order valence-corrected chi connectivity index (χ2v) is 4.88. The Morgan fingerprint density at radius 2 is 1.90 bits per heavy atom. The number of phenolic OH excluding ortho intramolecular Hbond substituents is 1. The fraction of sp³-hybridized carbons (Fsp3) is 0. The van der Waals surface area contributed by atoms with Crippen LogP contribution in [0.5, 0.6) is 5.75 Å². The normalized spacial score (nSPS) is 10.2. The predicted octanol–water partition coefficient (Wildman–Crippen LogP) is 3.86. The highest BCUT2D eigenvalue weighted by Crippen LogP contribution is 2.28. The number of benzene rings is 2. The lowest BCUT2D eigenvalue weighted by atomic mass is 10.1. The average Bonchev–Trinajstić information content (AvgIpc) is 2.42. The Bertz CT molecular complexity index is 734. The molecule has 108 valence electrons. The third-order valence-electron chi connectivity index (χ3n) is 2.61. The highest BCUT2D eigenvalue weighted by atomic mass is 35.5. The van der Waals surface area contributed by atoms with Crippen molar-refractivity contribution < 1.29 is 14.8 Å². The van der Waals surface area contributed by atoms with Gasteiger partial charge in [-0.05, 0) is 30.3 Å². The van der Waals surface area contributed by atoms with Crippen LogP contribution in [0.4, 0.5) is 11.4 Å². The van der Waals surface area contributed by atoms with Crippen molar-refractivity contribution >= 4 is 40.5 Å². The SMILES string of the molecule is O=C(Nc1ccc(O)c(Cl)c1)c1ccc(Cl)cc1[N+](=O)[O-]. The first-order valence-corrected chi connectivity index (χ1v) is 6.38. The minimum atomic E-state index is -0.690. The van der Waals surface area contributed by atoms with Crippen LogP contribution in [-0.2, 0) is 0 Å². The van der Waals surface area contributed by atoms with E-state index in [9.17, 15) is 20.0 Å². The molecule has 0 saturated heterocycles. The number of nitro benzene ring substituents is 1. The van der Waals surface area contributed by atoms with Gasteiger partial charge in [-0.3, -0.25) is 14.9 Å². The molecule has 0 aliphatic carbocycles. The summed E-state index contributed by atoms with van der Waals surface area (Å²) in [5.74, 6) is -0.813. The van der Waals surface area contributed by atoms with Crippen LogP contribution >= 0.6 is 23.2 Å². The van der Waals surface area contributed by atoms with Crippen molar-refractivity contribution in [3.63, 3.8) is 0 Å².